The topological polar surface area (TPSA) is 99.1 Å². The van der Waals surface area contributed by atoms with E-state index in [1.807, 2.05) is 0 Å². The largest absolute Gasteiger partial charge is 0.480 e. The monoisotopic (exact) mass is 260 g/mol. The van der Waals surface area contributed by atoms with Crippen LogP contribution >= 0.6 is 0 Å². The summed E-state index contributed by atoms with van der Waals surface area (Å²) < 4.78 is 4.73. The second-order valence-electron chi connectivity index (χ2n) is 4.67. The third kappa shape index (κ3) is 4.15. The zero-order valence-electron chi connectivity index (χ0n) is 10.6. The molecule has 3 N–H and O–H groups in total. The first kappa shape index (κ1) is 14.7. The molecule has 1 aliphatic rings. The molecule has 0 saturated heterocycles. The van der Waals surface area contributed by atoms with Crippen molar-refractivity contribution in [2.24, 2.45) is 5.92 Å². The highest BCUT2D eigenvalue weighted by atomic mass is 16.5. The minimum absolute atomic E-state index is 0.0724. The molecule has 1 atom stereocenters. The number of aliphatic hydroxyl groups is 1. The standard InChI is InChI=1S/C11H20N2O5/c1-13(5-7-3-8(14)4-7)11(17)12-9(6-18-2)10(15)16/h7-9,14H,3-6H2,1-2H3,(H,12,17)(H,15,16). The SMILES string of the molecule is COCC(NC(=O)N(C)CC1CC(O)C1)C(=O)O. The number of hydrogen-bond donors (Lipinski definition) is 3. The molecular weight excluding hydrogens is 240 g/mol. The van der Waals surface area contributed by atoms with Crippen LogP contribution < -0.4 is 5.32 Å². The summed E-state index contributed by atoms with van der Waals surface area (Å²) in [7, 11) is 2.98. The van der Waals surface area contributed by atoms with Gasteiger partial charge in [0.15, 0.2) is 6.04 Å². The molecule has 1 rings (SSSR count). The minimum Gasteiger partial charge on any atom is -0.480 e. The Bertz CT molecular complexity index is 304. The zero-order chi connectivity index (χ0) is 13.7. The van der Waals surface area contributed by atoms with Gasteiger partial charge < -0.3 is 25.2 Å². The van der Waals surface area contributed by atoms with Crippen molar-refractivity contribution >= 4 is 12.0 Å². The molecule has 0 aromatic carbocycles. The Morgan fingerprint density at radius 2 is 2.11 bits per heavy atom. The Morgan fingerprint density at radius 3 is 2.56 bits per heavy atom. The van der Waals surface area contributed by atoms with E-state index in [0.29, 0.717) is 25.3 Å². The predicted molar refractivity (Wildman–Crippen MR) is 63.2 cm³/mol. The van der Waals surface area contributed by atoms with Crippen LogP contribution in [0.1, 0.15) is 12.8 Å². The molecular formula is C11H20N2O5. The van der Waals surface area contributed by atoms with Gasteiger partial charge in [-0.05, 0) is 18.8 Å². The minimum atomic E-state index is -1.13. The van der Waals surface area contributed by atoms with Gasteiger partial charge in [-0.25, -0.2) is 9.59 Å². The Kier molecular flexibility index (Phi) is 5.36. The highest BCUT2D eigenvalue weighted by Gasteiger charge is 2.30. The van der Waals surface area contributed by atoms with Crippen LogP contribution in [0.4, 0.5) is 4.79 Å². The molecule has 0 spiro atoms. The summed E-state index contributed by atoms with van der Waals surface area (Å²) in [5.74, 6) is -0.834. The number of carbonyl (C=O) groups excluding carboxylic acids is 1. The molecule has 1 aliphatic carbocycles. The van der Waals surface area contributed by atoms with Crippen molar-refractivity contribution in [3.05, 3.63) is 0 Å². The van der Waals surface area contributed by atoms with Crippen LogP contribution in [-0.4, -0.2) is 66.6 Å². The molecule has 7 heteroatoms. The maximum Gasteiger partial charge on any atom is 0.328 e. The number of nitrogens with zero attached hydrogens (tertiary/aromatic N) is 1. The molecule has 0 heterocycles. The highest BCUT2D eigenvalue weighted by molar-refractivity contribution is 5.82. The lowest BCUT2D eigenvalue weighted by molar-refractivity contribution is -0.140. The van der Waals surface area contributed by atoms with Crippen LogP contribution in [0.5, 0.6) is 0 Å². The average molecular weight is 260 g/mol. The second kappa shape index (κ2) is 6.55. The summed E-state index contributed by atoms with van der Waals surface area (Å²) in [5.41, 5.74) is 0. The molecule has 1 saturated carbocycles. The van der Waals surface area contributed by atoms with E-state index >= 15 is 0 Å². The number of ether oxygens (including phenoxy) is 1. The van der Waals surface area contributed by atoms with Crippen LogP contribution in [-0.2, 0) is 9.53 Å². The van der Waals surface area contributed by atoms with Crippen molar-refractivity contribution in [1.82, 2.24) is 10.2 Å². The number of carboxylic acids is 1. The van der Waals surface area contributed by atoms with Gasteiger partial charge in [-0.3, -0.25) is 0 Å². The lowest BCUT2D eigenvalue weighted by Gasteiger charge is -2.34. The molecule has 18 heavy (non-hydrogen) atoms. The van der Waals surface area contributed by atoms with E-state index in [2.05, 4.69) is 5.32 Å². The molecule has 104 valence electrons. The Hall–Kier alpha value is -1.34. The van der Waals surface area contributed by atoms with Crippen molar-refractivity contribution in [3.63, 3.8) is 0 Å². The fourth-order valence-electron chi connectivity index (χ4n) is 1.92. The third-order valence-corrected chi connectivity index (χ3v) is 3.02. The fraction of sp³-hybridized carbons (Fsp3) is 0.818. The van der Waals surface area contributed by atoms with Gasteiger partial charge in [-0.1, -0.05) is 0 Å². The van der Waals surface area contributed by atoms with E-state index in [4.69, 9.17) is 14.9 Å². The number of amides is 2. The van der Waals surface area contributed by atoms with Crippen molar-refractivity contribution in [2.75, 3.05) is 27.3 Å². The molecule has 2 amide bonds. The Labute approximate surface area is 106 Å². The number of aliphatic carboxylic acids is 1. The van der Waals surface area contributed by atoms with Gasteiger partial charge in [0, 0.05) is 20.7 Å². The summed E-state index contributed by atoms with van der Waals surface area (Å²) in [6, 6.07) is -1.49. The van der Waals surface area contributed by atoms with Crippen molar-refractivity contribution in [1.29, 1.82) is 0 Å². The van der Waals surface area contributed by atoms with Gasteiger partial charge in [-0.15, -0.1) is 0 Å². The van der Waals surface area contributed by atoms with Gasteiger partial charge in [-0.2, -0.15) is 0 Å². The predicted octanol–water partition coefficient (Wildman–Crippen LogP) is -0.502. The molecule has 1 unspecified atom stereocenters. The molecule has 0 aromatic heterocycles. The maximum absolute atomic E-state index is 11.7. The van der Waals surface area contributed by atoms with Gasteiger partial charge in [0.1, 0.15) is 0 Å². The molecule has 0 aliphatic heterocycles. The summed E-state index contributed by atoms with van der Waals surface area (Å²) in [6.45, 7) is 0.444. The van der Waals surface area contributed by atoms with Crippen molar-refractivity contribution in [3.8, 4) is 0 Å². The van der Waals surface area contributed by atoms with Crippen molar-refractivity contribution in [2.45, 2.75) is 25.0 Å². The zero-order valence-corrected chi connectivity index (χ0v) is 10.6. The van der Waals surface area contributed by atoms with E-state index in [-0.39, 0.29) is 12.7 Å². The summed E-state index contributed by atoms with van der Waals surface area (Å²) in [5, 5.41) is 20.4. The summed E-state index contributed by atoms with van der Waals surface area (Å²) >= 11 is 0. The highest BCUT2D eigenvalue weighted by Crippen LogP contribution is 2.27. The first-order chi connectivity index (χ1) is 8.43. The van der Waals surface area contributed by atoms with Gasteiger partial charge >= 0.3 is 12.0 Å². The number of urea groups is 1. The number of aliphatic hydroxyl groups excluding tert-OH is 1. The third-order valence-electron chi connectivity index (χ3n) is 3.02. The molecule has 7 nitrogen and oxygen atoms in total. The summed E-state index contributed by atoms with van der Waals surface area (Å²) in [4.78, 5) is 24.0. The molecule has 0 bridgehead atoms. The van der Waals surface area contributed by atoms with E-state index in [9.17, 15) is 9.59 Å². The number of carboxylic acid groups (broad SMARTS) is 1. The number of carbonyl (C=O) groups is 2. The summed E-state index contributed by atoms with van der Waals surface area (Å²) in [6.07, 6.45) is 1.13. The van der Waals surface area contributed by atoms with E-state index in [0.717, 1.165) is 0 Å². The van der Waals surface area contributed by atoms with E-state index in [1.54, 1.807) is 7.05 Å². The fourth-order valence-corrected chi connectivity index (χ4v) is 1.92. The lowest BCUT2D eigenvalue weighted by atomic mass is 9.82. The van der Waals surface area contributed by atoms with E-state index < -0.39 is 18.0 Å². The van der Waals surface area contributed by atoms with Crippen molar-refractivity contribution < 1.29 is 24.5 Å². The number of methoxy groups -OCH3 is 1. The smallest absolute Gasteiger partial charge is 0.328 e. The van der Waals surface area contributed by atoms with Gasteiger partial charge in [0.2, 0.25) is 0 Å². The lowest BCUT2D eigenvalue weighted by Crippen LogP contribution is -2.50. The number of nitrogens with one attached hydrogen (secondary N) is 1. The quantitative estimate of drug-likeness (QED) is 0.598. The number of rotatable bonds is 6. The second-order valence-corrected chi connectivity index (χ2v) is 4.67. The Balaban J connectivity index is 2.35. The molecule has 0 radical (unpaired) electrons. The van der Waals surface area contributed by atoms with Crippen LogP contribution in [0.15, 0.2) is 0 Å². The molecule has 0 aromatic rings. The van der Waals surface area contributed by atoms with Crippen LogP contribution in [0, 0.1) is 5.92 Å². The van der Waals surface area contributed by atoms with Gasteiger partial charge in [0.05, 0.1) is 12.7 Å². The van der Waals surface area contributed by atoms with E-state index in [1.165, 1.54) is 12.0 Å². The maximum atomic E-state index is 11.7. The van der Waals surface area contributed by atoms with Crippen LogP contribution in [0.3, 0.4) is 0 Å². The van der Waals surface area contributed by atoms with Crippen LogP contribution in [0.25, 0.3) is 0 Å². The first-order valence-electron chi connectivity index (χ1n) is 5.85. The number of hydrogen-bond acceptors (Lipinski definition) is 4. The Morgan fingerprint density at radius 1 is 1.50 bits per heavy atom. The average Bonchev–Trinajstić information content (AvgIpc) is 2.25. The van der Waals surface area contributed by atoms with Crippen LogP contribution in [0.2, 0.25) is 0 Å². The first-order valence-corrected chi connectivity index (χ1v) is 5.85. The normalized spacial score (nSPS) is 23.9. The van der Waals surface area contributed by atoms with Gasteiger partial charge in [0.25, 0.3) is 0 Å². The molecule has 1 fully saturated rings.